The number of halogens is 3. The van der Waals surface area contributed by atoms with Gasteiger partial charge in [0.2, 0.25) is 11.8 Å². The van der Waals surface area contributed by atoms with Crippen LogP contribution in [0.2, 0.25) is 0 Å². The van der Waals surface area contributed by atoms with Crippen molar-refractivity contribution in [2.75, 3.05) is 13.2 Å². The Morgan fingerprint density at radius 1 is 1.24 bits per heavy atom. The lowest BCUT2D eigenvalue weighted by Crippen LogP contribution is -2.62. The van der Waals surface area contributed by atoms with Gasteiger partial charge in [-0.1, -0.05) is 12.1 Å². The van der Waals surface area contributed by atoms with Crippen molar-refractivity contribution >= 4 is 29.2 Å². The van der Waals surface area contributed by atoms with Gasteiger partial charge in [0.25, 0.3) is 5.92 Å². The normalized spacial score (nSPS) is 22.5. The van der Waals surface area contributed by atoms with Crippen LogP contribution in [0.1, 0.15) is 51.6 Å². The number of hydrogen-bond acceptors (Lipinski definition) is 6. The predicted molar refractivity (Wildman–Crippen MR) is 117 cm³/mol. The first-order valence-electron chi connectivity index (χ1n) is 10.9. The van der Waals surface area contributed by atoms with Gasteiger partial charge in [-0.15, -0.1) is 4.72 Å². The fourth-order valence-corrected chi connectivity index (χ4v) is 4.74. The highest BCUT2D eigenvalue weighted by Crippen LogP contribution is 2.40. The Hall–Kier alpha value is -2.15. The van der Waals surface area contributed by atoms with Crippen molar-refractivity contribution in [3.8, 4) is 0 Å². The number of nitrogens with one attached hydrogen (secondary N) is 2. The van der Waals surface area contributed by atoms with Gasteiger partial charge in [0.15, 0.2) is 0 Å². The maximum atomic E-state index is 15.7. The molecular weight excluding hydrogens is 475 g/mol. The van der Waals surface area contributed by atoms with E-state index in [1.807, 2.05) is 5.32 Å². The van der Waals surface area contributed by atoms with E-state index in [9.17, 15) is 23.3 Å². The molecule has 4 amide bonds. The number of carbonyl (C=O) groups is 3. The minimum absolute atomic E-state index is 0.191. The number of hydrogen-bond donors (Lipinski definition) is 2. The topological polar surface area (TPSA) is 111 Å². The monoisotopic (exact) mass is 503 g/mol. The van der Waals surface area contributed by atoms with Crippen molar-refractivity contribution in [2.45, 2.75) is 62.8 Å². The number of amides is 4. The van der Waals surface area contributed by atoms with E-state index in [4.69, 9.17) is 4.74 Å². The third-order valence-electron chi connectivity index (χ3n) is 5.72. The number of benzene rings is 1. The van der Waals surface area contributed by atoms with Crippen molar-refractivity contribution in [3.05, 3.63) is 35.6 Å². The second-order valence-corrected chi connectivity index (χ2v) is 11.3. The van der Waals surface area contributed by atoms with Crippen LogP contribution in [0, 0.1) is 11.7 Å². The molecule has 0 radical (unpaired) electrons. The molecule has 2 aliphatic heterocycles. The molecule has 1 aromatic rings. The Morgan fingerprint density at radius 3 is 2.47 bits per heavy atom. The number of imide groups is 2. The lowest BCUT2D eigenvalue weighted by molar-refractivity contribution is -0.151. The zero-order valence-electron chi connectivity index (χ0n) is 19.1. The zero-order valence-corrected chi connectivity index (χ0v) is 19.9. The summed E-state index contributed by atoms with van der Waals surface area (Å²) in [5.74, 6) is -8.59. The molecule has 0 saturated carbocycles. The highest BCUT2D eigenvalue weighted by Gasteiger charge is 2.52. The molecule has 2 heterocycles. The number of ether oxygens (including phenoxy) is 1. The van der Waals surface area contributed by atoms with Gasteiger partial charge in [0.1, 0.15) is 22.5 Å². The lowest BCUT2D eigenvalue weighted by atomic mass is 9.89. The molecule has 2 aliphatic rings. The maximum absolute atomic E-state index is 15.7. The minimum atomic E-state index is -3.81. The van der Waals surface area contributed by atoms with Crippen LogP contribution in [0.4, 0.5) is 18.0 Å². The summed E-state index contributed by atoms with van der Waals surface area (Å²) in [5.41, 5.74) is -0.191. The zero-order chi connectivity index (χ0) is 25.3. The van der Waals surface area contributed by atoms with Gasteiger partial charge in [-0.2, -0.15) is 0 Å². The largest absolute Gasteiger partial charge is 0.598 e. The van der Waals surface area contributed by atoms with Crippen LogP contribution in [0.25, 0.3) is 0 Å². The second kappa shape index (κ2) is 10.2. The molecule has 2 fully saturated rings. The Morgan fingerprint density at radius 2 is 1.88 bits per heavy atom. The van der Waals surface area contributed by atoms with E-state index in [1.54, 1.807) is 20.8 Å². The van der Waals surface area contributed by atoms with Crippen molar-refractivity contribution < 1.29 is 36.8 Å². The molecule has 3 rings (SSSR count). The van der Waals surface area contributed by atoms with E-state index in [-0.39, 0.29) is 5.56 Å². The van der Waals surface area contributed by atoms with E-state index in [0.717, 1.165) is 17.0 Å². The summed E-state index contributed by atoms with van der Waals surface area (Å²) >= 11 is -1.98. The highest BCUT2D eigenvalue weighted by atomic mass is 32.2. The highest BCUT2D eigenvalue weighted by molar-refractivity contribution is 7.90. The number of nitrogens with zero attached hydrogens (tertiary/aromatic N) is 1. The summed E-state index contributed by atoms with van der Waals surface area (Å²) in [7, 11) is 0. The molecule has 1 unspecified atom stereocenters. The van der Waals surface area contributed by atoms with Crippen molar-refractivity contribution in [3.63, 3.8) is 0 Å². The first-order chi connectivity index (χ1) is 15.8. The van der Waals surface area contributed by atoms with Crippen LogP contribution in [0.5, 0.6) is 0 Å². The quantitative estimate of drug-likeness (QED) is 0.437. The summed E-state index contributed by atoms with van der Waals surface area (Å²) < 4.78 is 64.5. The maximum Gasteiger partial charge on any atom is 0.331 e. The Labute approximate surface area is 198 Å². The molecule has 1 aromatic carbocycles. The summed E-state index contributed by atoms with van der Waals surface area (Å²) in [4.78, 5) is 38.6. The number of urea groups is 1. The van der Waals surface area contributed by atoms with E-state index >= 15 is 8.78 Å². The van der Waals surface area contributed by atoms with E-state index in [1.165, 1.54) is 12.1 Å². The third kappa shape index (κ3) is 5.91. The second-order valence-electron chi connectivity index (χ2n) is 9.35. The molecule has 12 heteroatoms. The van der Waals surface area contributed by atoms with Gasteiger partial charge in [-0.25, -0.2) is 18.0 Å². The van der Waals surface area contributed by atoms with Crippen LogP contribution < -0.4 is 10.0 Å². The predicted octanol–water partition coefficient (Wildman–Crippen LogP) is 2.82. The fourth-order valence-electron chi connectivity index (χ4n) is 3.86. The molecule has 0 bridgehead atoms. The average molecular weight is 504 g/mol. The van der Waals surface area contributed by atoms with Crippen LogP contribution in [0.3, 0.4) is 0 Å². The molecule has 2 saturated heterocycles. The Bertz CT molecular complexity index is 937. The van der Waals surface area contributed by atoms with Gasteiger partial charge < -0.3 is 9.29 Å². The number of rotatable bonds is 7. The van der Waals surface area contributed by atoms with Gasteiger partial charge in [0.05, 0.1) is 0 Å². The number of alkyl halides is 2. The number of barbiturate groups is 1. The fraction of sp³-hybridized carbons (Fsp3) is 0.591. The molecule has 0 spiro atoms. The number of carbonyl (C=O) groups excluding carboxylic acids is 3. The minimum Gasteiger partial charge on any atom is -0.598 e. The van der Waals surface area contributed by atoms with Gasteiger partial charge in [0, 0.05) is 37.0 Å². The van der Waals surface area contributed by atoms with Crippen LogP contribution in [-0.2, 0) is 25.7 Å². The van der Waals surface area contributed by atoms with Gasteiger partial charge in [-0.05, 0) is 51.3 Å². The molecule has 0 aromatic heterocycles. The van der Waals surface area contributed by atoms with Crippen molar-refractivity contribution in [2.24, 2.45) is 5.92 Å². The third-order valence-corrected chi connectivity index (χ3v) is 7.28. The molecule has 188 valence electrons. The molecule has 8 nitrogen and oxygen atoms in total. The standard InChI is InChI=1S/C22H28F3N3O5S/c1-21(2,3)34(32)27-17(13-5-4-6-14(23)11-13)22(24,25)12-16-18(29)26-20(31)28(19(16)30)15-7-9-33-10-8-15/h4-6,11,15-17,27H,7-10,12H2,1-3H3,(H,26,29,31)/t16?,17-,34-/m0/s1. The summed E-state index contributed by atoms with van der Waals surface area (Å²) in [6, 6.07) is 0.958. The first kappa shape index (κ1) is 26.5. The van der Waals surface area contributed by atoms with E-state index in [0.29, 0.717) is 26.1 Å². The molecule has 34 heavy (non-hydrogen) atoms. The first-order valence-corrected chi connectivity index (χ1v) is 12.0. The van der Waals surface area contributed by atoms with Crippen LogP contribution >= 0.6 is 0 Å². The van der Waals surface area contributed by atoms with Gasteiger partial charge >= 0.3 is 6.03 Å². The summed E-state index contributed by atoms with van der Waals surface area (Å²) in [6.07, 6.45) is -0.608. The molecule has 3 atom stereocenters. The Kier molecular flexibility index (Phi) is 7.96. The van der Waals surface area contributed by atoms with Crippen LogP contribution in [-0.4, -0.2) is 57.2 Å². The van der Waals surface area contributed by atoms with Gasteiger partial charge in [-0.3, -0.25) is 19.8 Å². The van der Waals surface area contributed by atoms with Crippen molar-refractivity contribution in [1.82, 2.24) is 14.9 Å². The average Bonchev–Trinajstić information content (AvgIpc) is 2.74. The Balaban J connectivity index is 1.90. The SMILES string of the molecule is CC(C)(C)[S@+]([O-])N[C@@H](c1cccc(F)c1)C(F)(F)CC1C(=O)NC(=O)N(C2CCOCC2)C1=O. The summed E-state index contributed by atoms with van der Waals surface area (Å²) in [5, 5.41) is 2.00. The summed E-state index contributed by atoms with van der Waals surface area (Å²) in [6.45, 7) is 5.31. The smallest absolute Gasteiger partial charge is 0.331 e. The molecule has 0 aliphatic carbocycles. The van der Waals surface area contributed by atoms with E-state index in [2.05, 4.69) is 4.72 Å². The molecular formula is C22H28F3N3O5S. The molecule has 2 N–H and O–H groups in total. The van der Waals surface area contributed by atoms with Crippen molar-refractivity contribution in [1.29, 1.82) is 0 Å². The van der Waals surface area contributed by atoms with E-state index < -0.39 is 70.1 Å². The van der Waals surface area contributed by atoms with Crippen LogP contribution in [0.15, 0.2) is 24.3 Å². The lowest BCUT2D eigenvalue weighted by Gasteiger charge is -2.39.